The summed E-state index contributed by atoms with van der Waals surface area (Å²) in [6, 6.07) is 5.01. The number of imide groups is 1. The van der Waals surface area contributed by atoms with Gasteiger partial charge in [0.15, 0.2) is 0 Å². The molecule has 2 amide bonds. The molecular weight excluding hydrogens is 248 g/mol. The standard InChI is InChI=1S/C13H16N2O2S/c1-8(18-2)6-7-15-12(16)9-4-3-5-10(14)11(9)13(15)17/h3-5,8H,6-7,14H2,1-2H3. The second-order valence-corrected chi connectivity index (χ2v) is 5.64. The molecule has 1 aromatic carbocycles. The Morgan fingerprint density at radius 2 is 2.06 bits per heavy atom. The number of thioether (sulfide) groups is 1. The fourth-order valence-corrected chi connectivity index (χ4v) is 2.33. The molecule has 0 aromatic heterocycles. The van der Waals surface area contributed by atoms with Gasteiger partial charge >= 0.3 is 0 Å². The molecule has 18 heavy (non-hydrogen) atoms. The number of benzene rings is 1. The Kier molecular flexibility index (Phi) is 3.61. The molecule has 0 spiro atoms. The van der Waals surface area contributed by atoms with Crippen LogP contribution in [-0.4, -0.2) is 34.8 Å². The zero-order chi connectivity index (χ0) is 13.3. The molecule has 1 aliphatic heterocycles. The van der Waals surface area contributed by atoms with E-state index in [0.29, 0.717) is 28.6 Å². The Morgan fingerprint density at radius 1 is 1.33 bits per heavy atom. The van der Waals surface area contributed by atoms with E-state index in [-0.39, 0.29) is 11.8 Å². The van der Waals surface area contributed by atoms with Crippen LogP contribution in [-0.2, 0) is 0 Å². The first-order valence-electron chi connectivity index (χ1n) is 5.83. The fourth-order valence-electron chi connectivity index (χ4n) is 1.99. The molecule has 5 heteroatoms. The van der Waals surface area contributed by atoms with Crippen molar-refractivity contribution in [1.82, 2.24) is 4.90 Å². The number of hydrogen-bond acceptors (Lipinski definition) is 4. The summed E-state index contributed by atoms with van der Waals surface area (Å²) in [5.74, 6) is -0.489. The third-order valence-corrected chi connectivity index (χ3v) is 4.23. The van der Waals surface area contributed by atoms with Gasteiger partial charge in [0.2, 0.25) is 0 Å². The lowest BCUT2D eigenvalue weighted by Crippen LogP contribution is -2.32. The maximum absolute atomic E-state index is 12.1. The van der Waals surface area contributed by atoms with Crippen LogP contribution in [0.2, 0.25) is 0 Å². The van der Waals surface area contributed by atoms with Crippen molar-refractivity contribution in [2.45, 2.75) is 18.6 Å². The lowest BCUT2D eigenvalue weighted by Gasteiger charge is -2.16. The first-order chi connectivity index (χ1) is 8.56. The van der Waals surface area contributed by atoms with Crippen LogP contribution in [0.1, 0.15) is 34.1 Å². The van der Waals surface area contributed by atoms with Crippen molar-refractivity contribution < 1.29 is 9.59 Å². The molecular formula is C13H16N2O2S. The molecule has 0 fully saturated rings. The maximum Gasteiger partial charge on any atom is 0.263 e. The van der Waals surface area contributed by atoms with E-state index in [9.17, 15) is 9.59 Å². The number of amides is 2. The molecule has 4 nitrogen and oxygen atoms in total. The third-order valence-electron chi connectivity index (χ3n) is 3.19. The average Bonchev–Trinajstić information content (AvgIpc) is 2.60. The van der Waals surface area contributed by atoms with Crippen LogP contribution in [0, 0.1) is 0 Å². The highest BCUT2D eigenvalue weighted by atomic mass is 32.2. The van der Waals surface area contributed by atoms with E-state index < -0.39 is 0 Å². The van der Waals surface area contributed by atoms with Crippen molar-refractivity contribution in [3.05, 3.63) is 29.3 Å². The summed E-state index contributed by atoms with van der Waals surface area (Å²) >= 11 is 1.72. The highest BCUT2D eigenvalue weighted by Gasteiger charge is 2.36. The Morgan fingerprint density at radius 3 is 2.67 bits per heavy atom. The minimum Gasteiger partial charge on any atom is -0.398 e. The largest absolute Gasteiger partial charge is 0.398 e. The van der Waals surface area contributed by atoms with Crippen LogP contribution in [0.5, 0.6) is 0 Å². The Hall–Kier alpha value is -1.49. The zero-order valence-corrected chi connectivity index (χ0v) is 11.3. The van der Waals surface area contributed by atoms with Gasteiger partial charge in [-0.05, 0) is 24.8 Å². The zero-order valence-electron chi connectivity index (χ0n) is 10.5. The smallest absolute Gasteiger partial charge is 0.263 e. The second kappa shape index (κ2) is 5.02. The van der Waals surface area contributed by atoms with Crippen molar-refractivity contribution in [3.63, 3.8) is 0 Å². The van der Waals surface area contributed by atoms with E-state index in [2.05, 4.69) is 6.92 Å². The SMILES string of the molecule is CSC(C)CCN1C(=O)c2cccc(N)c2C1=O. The van der Waals surface area contributed by atoms with Crippen LogP contribution in [0.25, 0.3) is 0 Å². The quantitative estimate of drug-likeness (QED) is 0.667. The number of fused-ring (bicyclic) bond motifs is 1. The summed E-state index contributed by atoms with van der Waals surface area (Å²) in [5, 5.41) is 0.423. The topological polar surface area (TPSA) is 63.4 Å². The van der Waals surface area contributed by atoms with E-state index in [1.165, 1.54) is 4.90 Å². The summed E-state index contributed by atoms with van der Waals surface area (Å²) in [4.78, 5) is 25.5. The molecule has 1 atom stereocenters. The van der Waals surface area contributed by atoms with Crippen LogP contribution in [0.15, 0.2) is 18.2 Å². The van der Waals surface area contributed by atoms with Gasteiger partial charge in [0.25, 0.3) is 11.8 Å². The highest BCUT2D eigenvalue weighted by Crippen LogP contribution is 2.28. The van der Waals surface area contributed by atoms with Crippen molar-refractivity contribution in [3.8, 4) is 0 Å². The van der Waals surface area contributed by atoms with Gasteiger partial charge in [-0.1, -0.05) is 13.0 Å². The van der Waals surface area contributed by atoms with Crippen LogP contribution in [0.3, 0.4) is 0 Å². The predicted molar refractivity (Wildman–Crippen MR) is 73.8 cm³/mol. The molecule has 2 rings (SSSR count). The van der Waals surface area contributed by atoms with Crippen molar-refractivity contribution in [2.75, 3.05) is 18.5 Å². The monoisotopic (exact) mass is 264 g/mol. The van der Waals surface area contributed by atoms with E-state index in [4.69, 9.17) is 5.73 Å². The number of nitrogens with zero attached hydrogens (tertiary/aromatic N) is 1. The molecule has 1 aliphatic rings. The number of hydrogen-bond donors (Lipinski definition) is 1. The Labute approximate surface area is 111 Å². The predicted octanol–water partition coefficient (Wildman–Crippen LogP) is 2.01. The lowest BCUT2D eigenvalue weighted by atomic mass is 10.1. The molecule has 1 heterocycles. The van der Waals surface area contributed by atoms with Gasteiger partial charge in [-0.15, -0.1) is 0 Å². The molecule has 2 N–H and O–H groups in total. The fraction of sp³-hybridized carbons (Fsp3) is 0.385. The Bertz CT molecular complexity index is 502. The maximum atomic E-state index is 12.1. The van der Waals surface area contributed by atoms with Crippen molar-refractivity contribution in [1.29, 1.82) is 0 Å². The van der Waals surface area contributed by atoms with Crippen molar-refractivity contribution >= 4 is 29.3 Å². The first-order valence-corrected chi connectivity index (χ1v) is 7.12. The minimum atomic E-state index is -0.263. The summed E-state index contributed by atoms with van der Waals surface area (Å²) < 4.78 is 0. The summed E-state index contributed by atoms with van der Waals surface area (Å²) in [5.41, 5.74) is 6.93. The number of rotatable bonds is 4. The molecule has 0 bridgehead atoms. The highest BCUT2D eigenvalue weighted by molar-refractivity contribution is 7.99. The lowest BCUT2D eigenvalue weighted by molar-refractivity contribution is 0.0653. The number of nitrogen functional groups attached to an aromatic ring is 1. The number of anilines is 1. The van der Waals surface area contributed by atoms with Crippen LogP contribution < -0.4 is 5.73 Å². The molecule has 0 saturated heterocycles. The molecule has 1 aromatic rings. The van der Waals surface area contributed by atoms with E-state index >= 15 is 0 Å². The second-order valence-electron chi connectivity index (χ2n) is 4.37. The molecule has 0 saturated carbocycles. The van der Waals surface area contributed by atoms with Crippen LogP contribution in [0.4, 0.5) is 5.69 Å². The summed E-state index contributed by atoms with van der Waals surface area (Å²) in [7, 11) is 0. The van der Waals surface area contributed by atoms with Gasteiger partial charge in [0, 0.05) is 17.5 Å². The molecule has 0 radical (unpaired) electrons. The van der Waals surface area contributed by atoms with Gasteiger partial charge in [0.1, 0.15) is 0 Å². The van der Waals surface area contributed by atoms with Gasteiger partial charge < -0.3 is 5.73 Å². The first kappa shape index (κ1) is 13.0. The van der Waals surface area contributed by atoms with Gasteiger partial charge in [0.05, 0.1) is 11.1 Å². The van der Waals surface area contributed by atoms with E-state index in [1.807, 2.05) is 6.26 Å². The number of nitrogens with two attached hydrogens (primary N) is 1. The van der Waals surface area contributed by atoms with Gasteiger partial charge in [-0.3, -0.25) is 14.5 Å². The van der Waals surface area contributed by atoms with E-state index in [1.54, 1.807) is 30.0 Å². The van der Waals surface area contributed by atoms with Gasteiger partial charge in [-0.25, -0.2) is 0 Å². The van der Waals surface area contributed by atoms with E-state index in [0.717, 1.165) is 6.42 Å². The van der Waals surface area contributed by atoms with Crippen LogP contribution >= 0.6 is 11.8 Å². The average molecular weight is 264 g/mol. The minimum absolute atomic E-state index is 0.226. The number of carbonyl (C=O) groups is 2. The molecule has 0 aliphatic carbocycles. The normalized spacial score (nSPS) is 16.0. The van der Waals surface area contributed by atoms with Gasteiger partial charge in [-0.2, -0.15) is 11.8 Å². The molecule has 96 valence electrons. The number of carbonyl (C=O) groups excluding carboxylic acids is 2. The Balaban J connectivity index is 2.21. The summed E-state index contributed by atoms with van der Waals surface area (Å²) in [6.45, 7) is 2.53. The summed E-state index contributed by atoms with van der Waals surface area (Å²) in [6.07, 6.45) is 2.82. The molecule has 1 unspecified atom stereocenters. The van der Waals surface area contributed by atoms with Crippen molar-refractivity contribution in [2.24, 2.45) is 0 Å². The third kappa shape index (κ3) is 2.10.